The second kappa shape index (κ2) is 38.3. The van der Waals surface area contributed by atoms with Crippen LogP contribution in [-0.2, 0) is 27.9 Å². The van der Waals surface area contributed by atoms with E-state index >= 15 is 0 Å². The van der Waals surface area contributed by atoms with Gasteiger partial charge in [-0.3, -0.25) is 13.8 Å². The number of hydrogen-bond acceptors (Lipinski definition) is 11. The molecule has 6 N–H and O–H groups in total. The average molecular weight is 877 g/mol. The number of allylic oxidation sites excluding steroid dienone is 4. The van der Waals surface area contributed by atoms with Crippen molar-refractivity contribution in [1.82, 2.24) is 0 Å². The summed E-state index contributed by atoms with van der Waals surface area (Å²) in [7, 11) is -5.02. The lowest BCUT2D eigenvalue weighted by atomic mass is 9.85. The van der Waals surface area contributed by atoms with Gasteiger partial charge < -0.3 is 39.9 Å². The van der Waals surface area contributed by atoms with Crippen LogP contribution < -0.4 is 0 Å². The number of carbonyl (C=O) groups excluding carboxylic acids is 1. The van der Waals surface area contributed by atoms with Gasteiger partial charge in [-0.25, -0.2) is 4.57 Å². The maximum Gasteiger partial charge on any atom is 0.472 e. The van der Waals surface area contributed by atoms with E-state index in [9.17, 15) is 39.8 Å². The van der Waals surface area contributed by atoms with Crippen LogP contribution in [0.4, 0.5) is 0 Å². The molecule has 1 aliphatic rings. The zero-order valence-electron chi connectivity index (χ0n) is 37.8. The first kappa shape index (κ1) is 56.8. The molecule has 0 bridgehead atoms. The van der Waals surface area contributed by atoms with Crippen molar-refractivity contribution in [3.05, 3.63) is 24.3 Å². The fourth-order valence-electron chi connectivity index (χ4n) is 7.45. The van der Waals surface area contributed by atoms with Crippen LogP contribution in [0.15, 0.2) is 24.3 Å². The minimum absolute atomic E-state index is 0.0757. The molecule has 0 aromatic rings. The van der Waals surface area contributed by atoms with Crippen LogP contribution in [0.3, 0.4) is 0 Å². The quantitative estimate of drug-likeness (QED) is 0.0148. The maximum atomic E-state index is 12.8. The standard InChI is InChI=1S/C47H89O12P/c1-3-5-7-9-11-13-15-17-19-21-22-24-26-28-30-32-34-36-41(48)58-40(39-57-60(54,55)59-47-45(52)43(50)42(49)44(51)46(47)53)38-56-37-35-33-31-29-27-25-23-20-18-16-14-12-10-8-6-4-2/h11,13,17,19,40,42-47,49-53H,3-10,12,14-16,18,20-39H2,1-2H3,(H,54,55)/b13-11-,19-17-. The Kier molecular flexibility index (Phi) is 36.3. The van der Waals surface area contributed by atoms with E-state index in [4.69, 9.17) is 18.5 Å². The molecule has 0 aromatic carbocycles. The lowest BCUT2D eigenvalue weighted by Crippen LogP contribution is -2.64. The monoisotopic (exact) mass is 877 g/mol. The van der Waals surface area contributed by atoms with Gasteiger partial charge in [0.15, 0.2) is 0 Å². The minimum atomic E-state index is -5.02. The zero-order chi connectivity index (χ0) is 44.1. The van der Waals surface area contributed by atoms with Gasteiger partial charge in [-0.05, 0) is 44.9 Å². The SMILES string of the molecule is CCCCC/C=C\C/C=C\CCCCCCCCCC(=O)OC(COCCCCCCCCCCCCCCCCCC)COP(=O)(O)OC1C(O)C(O)C(O)C(O)C1O. The highest BCUT2D eigenvalue weighted by atomic mass is 31.2. The van der Waals surface area contributed by atoms with Gasteiger partial charge in [0.1, 0.15) is 42.7 Å². The molecule has 6 unspecified atom stereocenters. The number of aliphatic hydroxyl groups is 5. The summed E-state index contributed by atoms with van der Waals surface area (Å²) >= 11 is 0. The molecule has 0 aliphatic heterocycles. The molecule has 60 heavy (non-hydrogen) atoms. The van der Waals surface area contributed by atoms with E-state index in [0.717, 1.165) is 57.8 Å². The fourth-order valence-corrected chi connectivity index (χ4v) is 8.42. The van der Waals surface area contributed by atoms with E-state index < -0.39 is 63.1 Å². The van der Waals surface area contributed by atoms with Crippen molar-refractivity contribution in [2.24, 2.45) is 0 Å². The Morgan fingerprint density at radius 2 is 0.933 bits per heavy atom. The summed E-state index contributed by atoms with van der Waals surface area (Å²) in [5.74, 6) is -0.482. The summed E-state index contributed by atoms with van der Waals surface area (Å²) in [4.78, 5) is 23.2. The summed E-state index contributed by atoms with van der Waals surface area (Å²) in [5, 5.41) is 50.2. The number of esters is 1. The first-order chi connectivity index (χ1) is 29.0. The summed E-state index contributed by atoms with van der Waals surface area (Å²) in [5.41, 5.74) is 0. The Bertz CT molecular complexity index is 1090. The molecule has 0 amide bonds. The number of ether oxygens (including phenoxy) is 2. The zero-order valence-corrected chi connectivity index (χ0v) is 38.7. The van der Waals surface area contributed by atoms with Gasteiger partial charge in [-0.15, -0.1) is 0 Å². The Hall–Kier alpha value is -1.18. The molecule has 13 heteroatoms. The Morgan fingerprint density at radius 1 is 0.533 bits per heavy atom. The molecule has 1 fully saturated rings. The van der Waals surface area contributed by atoms with Gasteiger partial charge in [0.05, 0.1) is 13.2 Å². The molecule has 1 saturated carbocycles. The third-order valence-corrected chi connectivity index (χ3v) is 12.3. The molecular weight excluding hydrogens is 787 g/mol. The number of phosphoric ester groups is 1. The van der Waals surface area contributed by atoms with Gasteiger partial charge in [-0.1, -0.05) is 179 Å². The summed E-state index contributed by atoms with van der Waals surface area (Å²) < 4.78 is 34.2. The highest BCUT2D eigenvalue weighted by Crippen LogP contribution is 2.47. The summed E-state index contributed by atoms with van der Waals surface area (Å²) in [6.45, 7) is 4.25. The van der Waals surface area contributed by atoms with E-state index in [2.05, 4.69) is 38.2 Å². The largest absolute Gasteiger partial charge is 0.472 e. The van der Waals surface area contributed by atoms with E-state index in [1.54, 1.807) is 0 Å². The van der Waals surface area contributed by atoms with Gasteiger partial charge >= 0.3 is 13.8 Å². The summed E-state index contributed by atoms with van der Waals surface area (Å²) in [6, 6.07) is 0. The molecular formula is C47H89O12P. The van der Waals surface area contributed by atoms with Crippen LogP contribution in [0.2, 0.25) is 0 Å². The van der Waals surface area contributed by atoms with Gasteiger partial charge in [0, 0.05) is 13.0 Å². The normalized spacial score (nSPS) is 22.5. The number of carbonyl (C=O) groups is 1. The number of hydrogen-bond donors (Lipinski definition) is 6. The minimum Gasteiger partial charge on any atom is -0.457 e. The van der Waals surface area contributed by atoms with Crippen LogP contribution in [0.25, 0.3) is 0 Å². The maximum absolute atomic E-state index is 12.8. The third kappa shape index (κ3) is 30.0. The van der Waals surface area contributed by atoms with Crippen LogP contribution in [0, 0.1) is 0 Å². The van der Waals surface area contributed by atoms with Crippen molar-refractivity contribution in [3.8, 4) is 0 Å². The second-order valence-electron chi connectivity index (χ2n) is 17.0. The van der Waals surface area contributed by atoms with Gasteiger partial charge in [0.2, 0.25) is 0 Å². The van der Waals surface area contributed by atoms with Crippen LogP contribution in [0.1, 0.15) is 206 Å². The molecule has 0 aromatic heterocycles. The predicted octanol–water partition coefficient (Wildman–Crippen LogP) is 10.1. The molecule has 0 saturated heterocycles. The van der Waals surface area contributed by atoms with Crippen molar-refractivity contribution < 1.29 is 58.3 Å². The Labute approximate surface area is 364 Å². The lowest BCUT2D eigenvalue weighted by molar-refractivity contribution is -0.220. The number of aliphatic hydroxyl groups excluding tert-OH is 5. The first-order valence-corrected chi connectivity index (χ1v) is 25.7. The van der Waals surface area contributed by atoms with E-state index in [1.165, 1.54) is 122 Å². The van der Waals surface area contributed by atoms with Crippen LogP contribution in [-0.4, -0.2) is 98.9 Å². The van der Waals surface area contributed by atoms with Crippen molar-refractivity contribution >= 4 is 13.8 Å². The van der Waals surface area contributed by atoms with Gasteiger partial charge in [-0.2, -0.15) is 0 Å². The molecule has 0 radical (unpaired) electrons. The van der Waals surface area contributed by atoms with Crippen molar-refractivity contribution in [3.63, 3.8) is 0 Å². The van der Waals surface area contributed by atoms with Crippen molar-refractivity contribution in [1.29, 1.82) is 0 Å². The molecule has 354 valence electrons. The summed E-state index contributed by atoms with van der Waals surface area (Å²) in [6.07, 6.45) is 30.9. The topological polar surface area (TPSA) is 192 Å². The van der Waals surface area contributed by atoms with Crippen LogP contribution in [0.5, 0.6) is 0 Å². The lowest BCUT2D eigenvalue weighted by Gasteiger charge is -2.41. The van der Waals surface area contributed by atoms with Gasteiger partial charge in [0.25, 0.3) is 0 Å². The van der Waals surface area contributed by atoms with Crippen LogP contribution >= 0.6 is 7.82 Å². The smallest absolute Gasteiger partial charge is 0.457 e. The highest BCUT2D eigenvalue weighted by Gasteiger charge is 2.51. The molecule has 1 rings (SSSR count). The van der Waals surface area contributed by atoms with Crippen molar-refractivity contribution in [2.45, 2.75) is 249 Å². The van der Waals surface area contributed by atoms with E-state index in [-0.39, 0.29) is 13.0 Å². The number of rotatable bonds is 41. The van der Waals surface area contributed by atoms with E-state index in [0.29, 0.717) is 13.0 Å². The predicted molar refractivity (Wildman–Crippen MR) is 240 cm³/mol. The number of unbranched alkanes of at least 4 members (excludes halogenated alkanes) is 25. The molecule has 12 nitrogen and oxygen atoms in total. The molecule has 0 heterocycles. The fraction of sp³-hybridized carbons (Fsp3) is 0.894. The average Bonchev–Trinajstić information content (AvgIpc) is 3.23. The second-order valence-corrected chi connectivity index (χ2v) is 18.4. The number of phosphoric acid groups is 1. The Balaban J connectivity index is 2.38. The molecule has 1 aliphatic carbocycles. The third-order valence-electron chi connectivity index (χ3n) is 11.3. The highest BCUT2D eigenvalue weighted by molar-refractivity contribution is 7.47. The molecule has 6 atom stereocenters. The first-order valence-electron chi connectivity index (χ1n) is 24.2. The molecule has 0 spiro atoms. The van der Waals surface area contributed by atoms with E-state index in [1.807, 2.05) is 0 Å². The van der Waals surface area contributed by atoms with Crippen molar-refractivity contribution in [2.75, 3.05) is 19.8 Å². The Morgan fingerprint density at radius 3 is 1.43 bits per heavy atom.